The molecule has 0 saturated carbocycles. The number of nitrogens with zero attached hydrogens (tertiary/aromatic N) is 2. The Labute approximate surface area is 183 Å². The van der Waals surface area contributed by atoms with Crippen molar-refractivity contribution in [3.05, 3.63) is 71.3 Å². The molecule has 4 rings (SSSR count). The summed E-state index contributed by atoms with van der Waals surface area (Å²) in [5.41, 5.74) is 3.63. The molecule has 2 unspecified atom stereocenters. The van der Waals surface area contributed by atoms with E-state index in [9.17, 15) is 4.79 Å². The van der Waals surface area contributed by atoms with E-state index in [1.54, 1.807) is 13.2 Å². The number of amides is 1. The van der Waals surface area contributed by atoms with Crippen molar-refractivity contribution in [1.29, 1.82) is 0 Å². The number of carbonyl (C=O) groups excluding carboxylic acids is 1. The van der Waals surface area contributed by atoms with E-state index in [1.807, 2.05) is 18.2 Å². The minimum absolute atomic E-state index is 0.0970. The molecule has 2 heterocycles. The van der Waals surface area contributed by atoms with E-state index >= 15 is 0 Å². The van der Waals surface area contributed by atoms with Gasteiger partial charge >= 0.3 is 0 Å². The molecule has 2 aromatic rings. The van der Waals surface area contributed by atoms with Gasteiger partial charge in [-0.3, -0.25) is 9.69 Å². The third-order valence-corrected chi connectivity index (χ3v) is 6.34. The highest BCUT2D eigenvalue weighted by Crippen LogP contribution is 2.38. The van der Waals surface area contributed by atoms with Gasteiger partial charge in [-0.2, -0.15) is 0 Å². The van der Waals surface area contributed by atoms with Crippen molar-refractivity contribution in [3.63, 3.8) is 0 Å². The number of halogens is 1. The number of hydrogen-bond acceptors (Lipinski definition) is 4. The molecule has 6 heteroatoms. The SMILES string of the molecule is C=CCNC(=O)C1Cc2ccc(OC)cc2N2CCN(Cc3ccc(Cl)cc3)CC12. The van der Waals surface area contributed by atoms with Gasteiger partial charge in [-0.25, -0.2) is 0 Å². The van der Waals surface area contributed by atoms with Crippen LogP contribution in [0.3, 0.4) is 0 Å². The molecule has 5 nitrogen and oxygen atoms in total. The van der Waals surface area contributed by atoms with Crippen molar-refractivity contribution in [3.8, 4) is 5.75 Å². The number of carbonyl (C=O) groups is 1. The fourth-order valence-electron chi connectivity index (χ4n) is 4.56. The van der Waals surface area contributed by atoms with Gasteiger partial charge in [-0.1, -0.05) is 35.9 Å². The molecule has 0 bridgehead atoms. The summed E-state index contributed by atoms with van der Waals surface area (Å²) >= 11 is 6.03. The van der Waals surface area contributed by atoms with Crippen LogP contribution >= 0.6 is 11.6 Å². The average molecular weight is 426 g/mol. The number of nitrogens with one attached hydrogen (secondary N) is 1. The zero-order valence-electron chi connectivity index (χ0n) is 17.3. The predicted molar refractivity (Wildman–Crippen MR) is 121 cm³/mol. The van der Waals surface area contributed by atoms with E-state index in [1.165, 1.54) is 16.8 Å². The fourth-order valence-corrected chi connectivity index (χ4v) is 4.69. The van der Waals surface area contributed by atoms with Crippen LogP contribution in [0, 0.1) is 5.92 Å². The predicted octanol–water partition coefficient (Wildman–Crippen LogP) is 3.51. The van der Waals surface area contributed by atoms with Crippen molar-refractivity contribution in [2.45, 2.75) is 19.0 Å². The number of ether oxygens (including phenoxy) is 1. The quantitative estimate of drug-likeness (QED) is 0.719. The average Bonchev–Trinajstić information content (AvgIpc) is 2.78. The lowest BCUT2D eigenvalue weighted by Crippen LogP contribution is -2.60. The smallest absolute Gasteiger partial charge is 0.225 e. The van der Waals surface area contributed by atoms with Gasteiger partial charge in [-0.15, -0.1) is 6.58 Å². The maximum Gasteiger partial charge on any atom is 0.225 e. The summed E-state index contributed by atoms with van der Waals surface area (Å²) in [5, 5.41) is 3.77. The summed E-state index contributed by atoms with van der Waals surface area (Å²) < 4.78 is 5.46. The summed E-state index contributed by atoms with van der Waals surface area (Å²) in [7, 11) is 1.69. The Morgan fingerprint density at radius 1 is 1.27 bits per heavy atom. The van der Waals surface area contributed by atoms with E-state index in [2.05, 4.69) is 46.0 Å². The normalized spacial score (nSPS) is 20.8. The minimum Gasteiger partial charge on any atom is -0.497 e. The van der Waals surface area contributed by atoms with Crippen molar-refractivity contribution in [1.82, 2.24) is 10.2 Å². The van der Waals surface area contributed by atoms with Gasteiger partial charge in [-0.05, 0) is 35.7 Å². The Morgan fingerprint density at radius 3 is 2.80 bits per heavy atom. The van der Waals surface area contributed by atoms with Gasteiger partial charge in [0.15, 0.2) is 0 Å². The molecule has 158 valence electrons. The summed E-state index contributed by atoms with van der Waals surface area (Å²) in [4.78, 5) is 17.8. The van der Waals surface area contributed by atoms with Gasteiger partial charge in [0.25, 0.3) is 0 Å². The highest BCUT2D eigenvalue weighted by atomic mass is 35.5. The molecule has 30 heavy (non-hydrogen) atoms. The Bertz CT molecular complexity index is 915. The lowest BCUT2D eigenvalue weighted by atomic mass is 9.83. The number of rotatable bonds is 6. The van der Waals surface area contributed by atoms with Crippen LogP contribution in [0.2, 0.25) is 5.02 Å². The van der Waals surface area contributed by atoms with Gasteiger partial charge in [0.2, 0.25) is 5.91 Å². The molecule has 1 fully saturated rings. The first-order chi connectivity index (χ1) is 14.6. The number of hydrogen-bond donors (Lipinski definition) is 1. The van der Waals surface area contributed by atoms with Crippen molar-refractivity contribution in [2.75, 3.05) is 38.2 Å². The lowest BCUT2D eigenvalue weighted by molar-refractivity contribution is -0.126. The summed E-state index contributed by atoms with van der Waals surface area (Å²) in [6.07, 6.45) is 2.46. The third-order valence-electron chi connectivity index (χ3n) is 6.09. The van der Waals surface area contributed by atoms with E-state index in [4.69, 9.17) is 16.3 Å². The van der Waals surface area contributed by atoms with Gasteiger partial charge in [0.05, 0.1) is 19.1 Å². The maximum absolute atomic E-state index is 13.0. The lowest BCUT2D eigenvalue weighted by Gasteiger charge is -2.49. The first kappa shape index (κ1) is 20.8. The molecular weight excluding hydrogens is 398 g/mol. The van der Waals surface area contributed by atoms with Crippen LogP contribution in [-0.2, 0) is 17.8 Å². The summed E-state index contributed by atoms with van der Waals surface area (Å²) in [6.45, 7) is 7.73. The second-order valence-electron chi connectivity index (χ2n) is 7.96. The van der Waals surface area contributed by atoms with Gasteiger partial charge in [0, 0.05) is 49.5 Å². The topological polar surface area (TPSA) is 44.8 Å². The molecule has 1 amide bonds. The molecule has 0 aliphatic carbocycles. The highest BCUT2D eigenvalue weighted by Gasteiger charge is 2.41. The maximum atomic E-state index is 13.0. The number of piperazine rings is 1. The minimum atomic E-state index is -0.0983. The third kappa shape index (κ3) is 4.32. The number of benzene rings is 2. The summed E-state index contributed by atoms with van der Waals surface area (Å²) in [5.74, 6) is 0.851. The van der Waals surface area contributed by atoms with Crippen LogP contribution < -0.4 is 15.0 Å². The molecule has 2 aliphatic heterocycles. The van der Waals surface area contributed by atoms with Crippen LogP contribution in [0.4, 0.5) is 5.69 Å². The fraction of sp³-hybridized carbons (Fsp3) is 0.375. The molecule has 0 radical (unpaired) electrons. The van der Waals surface area contributed by atoms with Crippen LogP contribution in [0.25, 0.3) is 0 Å². The molecule has 2 atom stereocenters. The molecule has 1 N–H and O–H groups in total. The zero-order chi connectivity index (χ0) is 21.1. The Morgan fingerprint density at radius 2 is 2.07 bits per heavy atom. The summed E-state index contributed by atoms with van der Waals surface area (Å²) in [6, 6.07) is 14.3. The van der Waals surface area contributed by atoms with Crippen molar-refractivity contribution < 1.29 is 9.53 Å². The largest absolute Gasteiger partial charge is 0.497 e. The monoisotopic (exact) mass is 425 g/mol. The van der Waals surface area contributed by atoms with Crippen LogP contribution in [0.1, 0.15) is 11.1 Å². The van der Waals surface area contributed by atoms with Crippen LogP contribution in [0.5, 0.6) is 5.75 Å². The molecule has 0 spiro atoms. The second kappa shape index (κ2) is 9.11. The molecule has 1 saturated heterocycles. The Hall–Kier alpha value is -2.50. The van der Waals surface area contributed by atoms with Gasteiger partial charge < -0.3 is 15.0 Å². The zero-order valence-corrected chi connectivity index (χ0v) is 18.1. The van der Waals surface area contributed by atoms with E-state index in [0.29, 0.717) is 6.54 Å². The van der Waals surface area contributed by atoms with E-state index in [-0.39, 0.29) is 17.9 Å². The van der Waals surface area contributed by atoms with E-state index in [0.717, 1.165) is 43.4 Å². The Kier molecular flexibility index (Phi) is 6.30. The number of methoxy groups -OCH3 is 1. The highest BCUT2D eigenvalue weighted by molar-refractivity contribution is 6.30. The molecule has 2 aliphatic rings. The first-order valence-electron chi connectivity index (χ1n) is 10.4. The standard InChI is InChI=1S/C24H28ClN3O2/c1-3-10-26-24(29)21-13-18-6-9-20(30-2)14-22(18)28-12-11-27(16-23(21)28)15-17-4-7-19(25)8-5-17/h3-9,14,21,23H,1,10-13,15-16H2,2H3,(H,26,29). The molecule has 0 aromatic heterocycles. The van der Waals surface area contributed by atoms with E-state index < -0.39 is 0 Å². The molecule has 2 aromatic carbocycles. The number of fused-ring (bicyclic) bond motifs is 3. The second-order valence-corrected chi connectivity index (χ2v) is 8.40. The van der Waals surface area contributed by atoms with Crippen molar-refractivity contribution in [2.24, 2.45) is 5.92 Å². The van der Waals surface area contributed by atoms with Crippen LogP contribution in [-0.4, -0.2) is 50.1 Å². The van der Waals surface area contributed by atoms with Crippen molar-refractivity contribution >= 4 is 23.2 Å². The van der Waals surface area contributed by atoms with Gasteiger partial charge in [0.1, 0.15) is 5.75 Å². The number of anilines is 1. The first-order valence-corrected chi connectivity index (χ1v) is 10.8. The molecular formula is C24H28ClN3O2. The van der Waals surface area contributed by atoms with Crippen LogP contribution in [0.15, 0.2) is 55.1 Å². The Balaban J connectivity index is 1.58.